The quantitative estimate of drug-likeness (QED) is 0.301. The van der Waals surface area contributed by atoms with E-state index >= 15 is 0 Å². The molecule has 2 amide bonds. The molecule has 1 heterocycles. The predicted octanol–water partition coefficient (Wildman–Crippen LogP) is 3.38. The number of pyridine rings is 1. The number of nitrogens with one attached hydrogen (secondary N) is 2. The van der Waals surface area contributed by atoms with Crippen LogP contribution in [0.2, 0.25) is 5.02 Å². The Morgan fingerprint density at radius 1 is 1.19 bits per heavy atom. The van der Waals surface area contributed by atoms with Crippen molar-refractivity contribution in [2.24, 2.45) is 0 Å². The molecule has 2 aromatic carbocycles. The van der Waals surface area contributed by atoms with Crippen LogP contribution in [-0.2, 0) is 16.1 Å². The SMILES string of the molecule is CC(=O)N(NCc1cccc(F)c1Cl)[C@@H](COC(=O)Nc1cc2cc(F)ccc2cn1)C[C@@H](O)CO. The number of anilines is 1. The highest BCUT2D eigenvalue weighted by Crippen LogP contribution is 2.20. The van der Waals surface area contributed by atoms with Crippen LogP contribution in [-0.4, -0.2) is 57.6 Å². The molecule has 2 atom stereocenters. The molecule has 0 radical (unpaired) electrons. The van der Waals surface area contributed by atoms with Gasteiger partial charge in [-0.15, -0.1) is 0 Å². The fourth-order valence-electron chi connectivity index (χ4n) is 3.48. The molecule has 12 heteroatoms. The molecule has 0 aliphatic carbocycles. The van der Waals surface area contributed by atoms with Gasteiger partial charge in [-0.2, -0.15) is 0 Å². The number of hydrogen-bond acceptors (Lipinski definition) is 7. The lowest BCUT2D eigenvalue weighted by atomic mass is 10.1. The van der Waals surface area contributed by atoms with E-state index < -0.39 is 42.4 Å². The lowest BCUT2D eigenvalue weighted by Crippen LogP contribution is -2.52. The summed E-state index contributed by atoms with van der Waals surface area (Å²) in [6, 6.07) is 8.94. The van der Waals surface area contributed by atoms with Gasteiger partial charge in [-0.05, 0) is 41.3 Å². The third-order valence-corrected chi connectivity index (χ3v) is 5.67. The number of amides is 2. The molecule has 9 nitrogen and oxygen atoms in total. The minimum Gasteiger partial charge on any atom is -0.447 e. The van der Waals surface area contributed by atoms with Crippen molar-refractivity contribution in [3.63, 3.8) is 0 Å². The molecule has 0 saturated carbocycles. The normalized spacial score (nSPS) is 12.7. The molecule has 0 aliphatic rings. The molecule has 0 spiro atoms. The molecule has 0 aliphatic heterocycles. The van der Waals surface area contributed by atoms with Crippen LogP contribution < -0.4 is 10.7 Å². The van der Waals surface area contributed by atoms with Gasteiger partial charge in [0.05, 0.1) is 23.8 Å². The molecule has 192 valence electrons. The molecule has 4 N–H and O–H groups in total. The highest BCUT2D eigenvalue weighted by molar-refractivity contribution is 6.31. The monoisotopic (exact) mass is 522 g/mol. The molecule has 0 unspecified atom stereocenters. The molecule has 1 aromatic heterocycles. The Labute approximate surface area is 210 Å². The Morgan fingerprint density at radius 3 is 2.69 bits per heavy atom. The summed E-state index contributed by atoms with van der Waals surface area (Å²) in [4.78, 5) is 28.8. The number of nitrogens with zero attached hydrogens (tertiary/aromatic N) is 2. The van der Waals surface area contributed by atoms with Crippen molar-refractivity contribution in [2.75, 3.05) is 18.5 Å². The first kappa shape index (κ1) is 27.2. The minimum atomic E-state index is -1.21. The first-order chi connectivity index (χ1) is 17.2. The van der Waals surface area contributed by atoms with E-state index in [1.54, 1.807) is 12.1 Å². The average molecular weight is 523 g/mol. The second-order valence-corrected chi connectivity index (χ2v) is 8.33. The van der Waals surface area contributed by atoms with Gasteiger partial charge >= 0.3 is 6.09 Å². The topological polar surface area (TPSA) is 124 Å². The third-order valence-electron chi connectivity index (χ3n) is 5.25. The Hall–Kier alpha value is -3.38. The van der Waals surface area contributed by atoms with Crippen molar-refractivity contribution in [3.05, 3.63) is 70.9 Å². The summed E-state index contributed by atoms with van der Waals surface area (Å²) in [6.45, 7) is 0.263. The van der Waals surface area contributed by atoms with E-state index in [0.29, 0.717) is 16.3 Å². The summed E-state index contributed by atoms with van der Waals surface area (Å²) in [5.41, 5.74) is 3.19. The number of carbonyl (C=O) groups excluding carboxylic acids is 2. The van der Waals surface area contributed by atoms with Crippen molar-refractivity contribution in [1.29, 1.82) is 0 Å². The Kier molecular flexibility index (Phi) is 9.48. The van der Waals surface area contributed by atoms with Crippen molar-refractivity contribution in [2.45, 2.75) is 32.0 Å². The van der Waals surface area contributed by atoms with Crippen LogP contribution in [0.4, 0.5) is 19.4 Å². The second-order valence-electron chi connectivity index (χ2n) is 7.95. The number of aromatic nitrogens is 1. The van der Waals surface area contributed by atoms with Gasteiger partial charge in [0, 0.05) is 31.5 Å². The van der Waals surface area contributed by atoms with E-state index in [9.17, 15) is 28.6 Å². The van der Waals surface area contributed by atoms with Crippen molar-refractivity contribution in [1.82, 2.24) is 15.4 Å². The number of benzene rings is 2. The van der Waals surface area contributed by atoms with E-state index in [0.717, 1.165) is 5.01 Å². The number of aliphatic hydroxyl groups is 2. The van der Waals surface area contributed by atoms with Crippen molar-refractivity contribution in [3.8, 4) is 0 Å². The van der Waals surface area contributed by atoms with Gasteiger partial charge in [0.2, 0.25) is 5.91 Å². The van der Waals surface area contributed by atoms with E-state index in [2.05, 4.69) is 15.7 Å². The number of ether oxygens (including phenoxy) is 1. The third kappa shape index (κ3) is 7.31. The molecule has 0 saturated heterocycles. The number of rotatable bonds is 10. The van der Waals surface area contributed by atoms with E-state index in [1.165, 1.54) is 43.5 Å². The molecule has 3 rings (SSSR count). The van der Waals surface area contributed by atoms with Crippen LogP contribution in [0.1, 0.15) is 18.9 Å². The Balaban J connectivity index is 1.68. The summed E-state index contributed by atoms with van der Waals surface area (Å²) in [7, 11) is 0. The molecular weight excluding hydrogens is 498 g/mol. The number of hydrogen-bond donors (Lipinski definition) is 4. The number of halogens is 3. The second kappa shape index (κ2) is 12.5. The van der Waals surface area contributed by atoms with Crippen LogP contribution >= 0.6 is 11.6 Å². The van der Waals surface area contributed by atoms with E-state index in [1.807, 2.05) is 0 Å². The molecule has 3 aromatic rings. The summed E-state index contributed by atoms with van der Waals surface area (Å²) >= 11 is 5.97. The summed E-state index contributed by atoms with van der Waals surface area (Å²) < 4.78 is 32.5. The summed E-state index contributed by atoms with van der Waals surface area (Å²) in [5, 5.41) is 23.9. The van der Waals surface area contributed by atoms with Crippen molar-refractivity contribution >= 4 is 40.2 Å². The standard InChI is InChI=1S/C24H25ClF2N4O5/c1-14(33)31(29-11-16-3-2-4-21(27)23(16)25)19(9-20(34)12-32)13-36-24(35)30-22-8-17-7-18(26)6-5-15(17)10-28-22/h2-8,10,19-20,29,32,34H,9,11-13H2,1H3,(H,28,30,35)/t19-,20-/m1/s1. The number of aliphatic hydroxyl groups excluding tert-OH is 2. The maximum Gasteiger partial charge on any atom is 0.412 e. The smallest absolute Gasteiger partial charge is 0.412 e. The molecule has 36 heavy (non-hydrogen) atoms. The van der Waals surface area contributed by atoms with E-state index in [-0.39, 0.29) is 30.4 Å². The highest BCUT2D eigenvalue weighted by Gasteiger charge is 2.26. The zero-order chi connectivity index (χ0) is 26.2. The fourth-order valence-corrected chi connectivity index (χ4v) is 3.67. The Bertz CT molecular complexity index is 1230. The maximum atomic E-state index is 13.7. The van der Waals surface area contributed by atoms with Gasteiger partial charge < -0.3 is 14.9 Å². The molecular formula is C24H25ClF2N4O5. The lowest BCUT2D eigenvalue weighted by Gasteiger charge is -2.32. The zero-order valence-electron chi connectivity index (χ0n) is 19.2. The molecule has 0 fully saturated rings. The first-order valence-electron chi connectivity index (χ1n) is 10.9. The number of fused-ring (bicyclic) bond motifs is 1. The van der Waals surface area contributed by atoms with Gasteiger partial charge in [0.25, 0.3) is 0 Å². The van der Waals surface area contributed by atoms with Gasteiger partial charge in [0.15, 0.2) is 0 Å². The average Bonchev–Trinajstić information content (AvgIpc) is 2.84. The Morgan fingerprint density at radius 2 is 1.97 bits per heavy atom. The van der Waals surface area contributed by atoms with Gasteiger partial charge in [-0.1, -0.05) is 23.7 Å². The van der Waals surface area contributed by atoms with Crippen LogP contribution in [0.15, 0.2) is 48.7 Å². The van der Waals surface area contributed by atoms with Gasteiger partial charge in [0.1, 0.15) is 24.1 Å². The minimum absolute atomic E-state index is 0.0361. The first-order valence-corrected chi connectivity index (χ1v) is 11.3. The highest BCUT2D eigenvalue weighted by atomic mass is 35.5. The van der Waals surface area contributed by atoms with E-state index in [4.69, 9.17) is 16.3 Å². The summed E-state index contributed by atoms with van der Waals surface area (Å²) in [5.74, 6) is -1.43. The van der Waals surface area contributed by atoms with Gasteiger partial charge in [-0.3, -0.25) is 15.1 Å². The fraction of sp³-hybridized carbons (Fsp3) is 0.292. The van der Waals surface area contributed by atoms with Crippen LogP contribution in [0.3, 0.4) is 0 Å². The number of carbonyl (C=O) groups is 2. The van der Waals surface area contributed by atoms with Crippen LogP contribution in [0, 0.1) is 11.6 Å². The molecule has 0 bridgehead atoms. The predicted molar refractivity (Wildman–Crippen MR) is 129 cm³/mol. The summed E-state index contributed by atoms with van der Waals surface area (Å²) in [6.07, 6.45) is -0.789. The zero-order valence-corrected chi connectivity index (χ0v) is 20.0. The maximum absolute atomic E-state index is 13.7. The largest absolute Gasteiger partial charge is 0.447 e. The van der Waals surface area contributed by atoms with Gasteiger partial charge in [-0.25, -0.2) is 24.0 Å². The van der Waals surface area contributed by atoms with Crippen LogP contribution in [0.5, 0.6) is 0 Å². The van der Waals surface area contributed by atoms with Crippen LogP contribution in [0.25, 0.3) is 10.8 Å². The van der Waals surface area contributed by atoms with Crippen molar-refractivity contribution < 1.29 is 33.3 Å². The lowest BCUT2D eigenvalue weighted by molar-refractivity contribution is -0.137. The number of hydrazine groups is 1.